The van der Waals surface area contributed by atoms with Crippen LogP contribution in [0.2, 0.25) is 5.02 Å². The number of halogens is 2. The third-order valence-electron chi connectivity index (χ3n) is 4.94. The predicted octanol–water partition coefficient (Wildman–Crippen LogP) is 4.41. The van der Waals surface area contributed by atoms with E-state index in [2.05, 4.69) is 0 Å². The summed E-state index contributed by atoms with van der Waals surface area (Å²) in [7, 11) is -3.85. The van der Waals surface area contributed by atoms with E-state index >= 15 is 0 Å². The fourth-order valence-electron chi connectivity index (χ4n) is 3.45. The molecular weight excluding hydrogens is 419 g/mol. The Morgan fingerprint density at radius 1 is 1.21 bits per heavy atom. The van der Waals surface area contributed by atoms with E-state index in [4.69, 9.17) is 21.1 Å². The quantitative estimate of drug-likeness (QED) is 0.625. The molecule has 0 aliphatic carbocycles. The minimum absolute atomic E-state index is 0.00541. The molecule has 2 atom stereocenters. The molecule has 154 valence electrons. The average molecular weight is 439 g/mol. The maximum absolute atomic E-state index is 14.0. The Morgan fingerprint density at radius 2 is 1.86 bits per heavy atom. The molecule has 1 heterocycles. The SMILES string of the molecule is CC[C@@]1(C)OC(C=O)(c2ccccc2)C(Oc2ccc(Cl)c(F)c2)=C1S(C)(=O)=O. The van der Waals surface area contributed by atoms with Gasteiger partial charge in [-0.1, -0.05) is 48.9 Å². The standard InChI is InChI=1S/C21H20ClFO5S/c1-4-20(2)19(29(3,25)26)18(27-15-10-11-16(22)17(23)12-15)21(13-24,28-20)14-8-6-5-7-9-14/h5-13H,4H2,1-3H3/t20-,21?/m1/s1. The molecule has 0 bridgehead atoms. The van der Waals surface area contributed by atoms with Gasteiger partial charge in [0.2, 0.25) is 5.60 Å². The highest BCUT2D eigenvalue weighted by atomic mass is 35.5. The molecule has 1 aliphatic rings. The lowest BCUT2D eigenvalue weighted by molar-refractivity contribution is -0.141. The number of rotatable bonds is 6. The minimum atomic E-state index is -3.85. The Bertz CT molecular complexity index is 1080. The molecule has 0 saturated carbocycles. The lowest BCUT2D eigenvalue weighted by Crippen LogP contribution is -2.37. The van der Waals surface area contributed by atoms with Gasteiger partial charge in [-0.15, -0.1) is 0 Å². The van der Waals surface area contributed by atoms with E-state index in [1.807, 2.05) is 0 Å². The topological polar surface area (TPSA) is 69.7 Å². The molecular formula is C21H20ClFO5S. The van der Waals surface area contributed by atoms with Gasteiger partial charge in [0, 0.05) is 12.3 Å². The van der Waals surface area contributed by atoms with Crippen LogP contribution in [0.5, 0.6) is 5.75 Å². The molecule has 3 rings (SSSR count). The third-order valence-corrected chi connectivity index (χ3v) is 6.60. The van der Waals surface area contributed by atoms with Gasteiger partial charge in [-0.2, -0.15) is 0 Å². The molecule has 0 fully saturated rings. The van der Waals surface area contributed by atoms with Gasteiger partial charge >= 0.3 is 0 Å². The molecule has 0 radical (unpaired) electrons. The largest absolute Gasteiger partial charge is 0.457 e. The molecule has 8 heteroatoms. The van der Waals surface area contributed by atoms with Crippen LogP contribution in [0.1, 0.15) is 25.8 Å². The summed E-state index contributed by atoms with van der Waals surface area (Å²) in [4.78, 5) is 12.2. The average Bonchev–Trinajstić information content (AvgIpc) is 2.95. The van der Waals surface area contributed by atoms with Gasteiger partial charge in [0.1, 0.15) is 22.1 Å². The highest BCUT2D eigenvalue weighted by Gasteiger charge is 2.58. The van der Waals surface area contributed by atoms with Crippen molar-refractivity contribution in [3.63, 3.8) is 0 Å². The molecule has 5 nitrogen and oxygen atoms in total. The molecule has 0 N–H and O–H groups in total. The monoisotopic (exact) mass is 438 g/mol. The molecule has 0 amide bonds. The molecule has 1 aliphatic heterocycles. The van der Waals surface area contributed by atoms with Crippen molar-refractivity contribution in [3.05, 3.63) is 75.6 Å². The molecule has 2 aromatic rings. The molecule has 1 unspecified atom stereocenters. The fourth-order valence-corrected chi connectivity index (χ4v) is 5.07. The zero-order valence-corrected chi connectivity index (χ0v) is 17.7. The van der Waals surface area contributed by atoms with Crippen molar-refractivity contribution in [2.45, 2.75) is 31.5 Å². The third kappa shape index (κ3) is 3.70. The van der Waals surface area contributed by atoms with Crippen LogP contribution in [-0.4, -0.2) is 26.6 Å². The van der Waals surface area contributed by atoms with E-state index in [0.29, 0.717) is 11.8 Å². The summed E-state index contributed by atoms with van der Waals surface area (Å²) >= 11 is 5.73. The molecule has 0 aromatic heterocycles. The Kier molecular flexibility index (Phi) is 5.60. The normalized spacial score (nSPS) is 24.6. The Labute approximate surface area is 174 Å². The van der Waals surface area contributed by atoms with Crippen LogP contribution in [0.15, 0.2) is 59.2 Å². The number of hydrogen-bond donors (Lipinski definition) is 0. The number of hydrogen-bond acceptors (Lipinski definition) is 5. The Morgan fingerprint density at radius 3 is 2.38 bits per heavy atom. The predicted molar refractivity (Wildman–Crippen MR) is 108 cm³/mol. The molecule has 0 saturated heterocycles. The van der Waals surface area contributed by atoms with E-state index in [9.17, 15) is 17.6 Å². The summed E-state index contributed by atoms with van der Waals surface area (Å²) < 4.78 is 51.4. The summed E-state index contributed by atoms with van der Waals surface area (Å²) in [5.74, 6) is -0.944. The first kappa shape index (κ1) is 21.5. The second kappa shape index (κ2) is 7.55. The van der Waals surface area contributed by atoms with Crippen LogP contribution in [-0.2, 0) is 25.0 Å². The van der Waals surface area contributed by atoms with E-state index < -0.39 is 26.9 Å². The van der Waals surface area contributed by atoms with E-state index in [1.165, 1.54) is 12.1 Å². The van der Waals surface area contributed by atoms with Crippen LogP contribution < -0.4 is 4.74 Å². The van der Waals surface area contributed by atoms with E-state index in [0.717, 1.165) is 12.3 Å². The van der Waals surface area contributed by atoms with Crippen LogP contribution >= 0.6 is 11.6 Å². The van der Waals surface area contributed by atoms with Gasteiger partial charge in [0.25, 0.3) is 0 Å². The van der Waals surface area contributed by atoms with Crippen LogP contribution in [0.4, 0.5) is 4.39 Å². The lowest BCUT2D eigenvalue weighted by atomic mass is 9.93. The van der Waals surface area contributed by atoms with Crippen LogP contribution in [0, 0.1) is 5.82 Å². The maximum atomic E-state index is 14.0. The number of ether oxygens (including phenoxy) is 2. The lowest BCUT2D eigenvalue weighted by Gasteiger charge is -2.30. The minimum Gasteiger partial charge on any atom is -0.457 e. The number of aldehydes is 1. The summed E-state index contributed by atoms with van der Waals surface area (Å²) in [6.07, 6.45) is 1.80. The second-order valence-corrected chi connectivity index (χ2v) is 9.37. The Balaban J connectivity index is 2.32. The first-order chi connectivity index (χ1) is 13.6. The number of carbonyl (C=O) groups excluding carboxylic acids is 1. The number of sulfone groups is 1. The van der Waals surface area contributed by atoms with Crippen LogP contribution in [0.25, 0.3) is 0 Å². The van der Waals surface area contributed by atoms with Gasteiger partial charge in [-0.05, 0) is 31.0 Å². The summed E-state index contributed by atoms with van der Waals surface area (Å²) in [6, 6.07) is 12.1. The summed E-state index contributed by atoms with van der Waals surface area (Å²) in [5.41, 5.74) is -2.72. The highest BCUT2D eigenvalue weighted by molar-refractivity contribution is 7.94. The summed E-state index contributed by atoms with van der Waals surface area (Å²) in [6.45, 7) is 3.33. The molecule has 2 aromatic carbocycles. The van der Waals surface area contributed by atoms with Gasteiger partial charge in [-0.3, -0.25) is 4.79 Å². The smallest absolute Gasteiger partial charge is 0.207 e. The maximum Gasteiger partial charge on any atom is 0.207 e. The van der Waals surface area contributed by atoms with Gasteiger partial charge in [-0.25, -0.2) is 12.8 Å². The van der Waals surface area contributed by atoms with Crippen molar-refractivity contribution in [2.75, 3.05) is 6.26 Å². The Hall–Kier alpha value is -2.22. The van der Waals surface area contributed by atoms with Crippen molar-refractivity contribution < 1.29 is 27.1 Å². The summed E-state index contributed by atoms with van der Waals surface area (Å²) in [5, 5.41) is -0.111. The first-order valence-corrected chi connectivity index (χ1v) is 11.1. The first-order valence-electron chi connectivity index (χ1n) is 8.87. The molecule has 29 heavy (non-hydrogen) atoms. The second-order valence-electron chi connectivity index (χ2n) is 7.01. The number of carbonyl (C=O) groups is 1. The van der Waals surface area contributed by atoms with Gasteiger partial charge in [0.05, 0.1) is 5.02 Å². The van der Waals surface area contributed by atoms with Crippen molar-refractivity contribution in [2.24, 2.45) is 0 Å². The van der Waals surface area contributed by atoms with Crippen molar-refractivity contribution in [1.29, 1.82) is 0 Å². The fraction of sp³-hybridized carbons (Fsp3) is 0.286. The van der Waals surface area contributed by atoms with Crippen molar-refractivity contribution in [1.82, 2.24) is 0 Å². The zero-order chi connectivity index (χ0) is 21.4. The molecule has 0 spiro atoms. The van der Waals surface area contributed by atoms with Gasteiger partial charge in [0.15, 0.2) is 21.9 Å². The van der Waals surface area contributed by atoms with Crippen LogP contribution in [0.3, 0.4) is 0 Å². The van der Waals surface area contributed by atoms with E-state index in [-0.39, 0.29) is 27.9 Å². The van der Waals surface area contributed by atoms with E-state index in [1.54, 1.807) is 44.2 Å². The highest BCUT2D eigenvalue weighted by Crippen LogP contribution is 2.51. The van der Waals surface area contributed by atoms with Crippen molar-refractivity contribution in [3.8, 4) is 5.75 Å². The zero-order valence-electron chi connectivity index (χ0n) is 16.1. The van der Waals surface area contributed by atoms with Crippen molar-refractivity contribution >= 4 is 27.7 Å². The number of benzene rings is 2. The van der Waals surface area contributed by atoms with Gasteiger partial charge < -0.3 is 9.47 Å².